The average molecular weight is 367 g/mol. The lowest BCUT2D eigenvalue weighted by Crippen LogP contribution is -2.41. The third-order valence-corrected chi connectivity index (χ3v) is 5.72. The van der Waals surface area contributed by atoms with Gasteiger partial charge in [-0.15, -0.1) is 0 Å². The molecule has 144 valence electrons. The Bertz CT molecular complexity index is 705. The quantitative estimate of drug-likeness (QED) is 0.664. The van der Waals surface area contributed by atoms with Crippen LogP contribution in [0.3, 0.4) is 0 Å². The van der Waals surface area contributed by atoms with Crippen molar-refractivity contribution in [2.45, 2.75) is 38.3 Å². The molecule has 2 aromatic rings. The van der Waals surface area contributed by atoms with E-state index < -0.39 is 12.0 Å². The van der Waals surface area contributed by atoms with Crippen molar-refractivity contribution in [1.29, 1.82) is 0 Å². The monoisotopic (exact) mass is 366 g/mol. The van der Waals surface area contributed by atoms with Gasteiger partial charge in [-0.05, 0) is 62.9 Å². The molecule has 3 atom stereocenters. The highest BCUT2D eigenvalue weighted by Gasteiger charge is 2.41. The standard InChI is InChI=1S/C23H30N2O2/c1-18(20-10-6-3-7-11-20)25-17-14-21(22(25)23(26)27)13-16-24-15-12-19-8-4-2-5-9-19/h2-11,18,21-22,24H,12-17H2,1H3,(H,26,27)/t18-,21+,22-/m0/s1. The summed E-state index contributed by atoms with van der Waals surface area (Å²) >= 11 is 0. The summed E-state index contributed by atoms with van der Waals surface area (Å²) in [6.07, 6.45) is 2.86. The molecule has 0 spiro atoms. The number of hydrogen-bond acceptors (Lipinski definition) is 3. The highest BCUT2D eigenvalue weighted by atomic mass is 16.4. The Morgan fingerprint density at radius 3 is 2.44 bits per heavy atom. The molecule has 0 aliphatic carbocycles. The Labute approximate surface area is 162 Å². The first-order valence-electron chi connectivity index (χ1n) is 9.95. The number of rotatable bonds is 9. The van der Waals surface area contributed by atoms with Gasteiger partial charge >= 0.3 is 5.97 Å². The summed E-state index contributed by atoms with van der Waals surface area (Å²) in [5, 5.41) is 13.3. The number of carboxylic acid groups (broad SMARTS) is 1. The average Bonchev–Trinajstić information content (AvgIpc) is 3.13. The molecule has 1 saturated heterocycles. The van der Waals surface area contributed by atoms with Gasteiger partial charge in [0.25, 0.3) is 0 Å². The third-order valence-electron chi connectivity index (χ3n) is 5.72. The minimum absolute atomic E-state index is 0.128. The number of hydrogen-bond donors (Lipinski definition) is 2. The fourth-order valence-electron chi connectivity index (χ4n) is 4.18. The molecule has 1 heterocycles. The van der Waals surface area contributed by atoms with E-state index in [1.54, 1.807) is 0 Å². The maximum absolute atomic E-state index is 12.0. The molecule has 2 aromatic carbocycles. The van der Waals surface area contributed by atoms with Gasteiger partial charge in [0, 0.05) is 6.04 Å². The lowest BCUT2D eigenvalue weighted by molar-refractivity contribution is -0.144. The Balaban J connectivity index is 1.49. The molecule has 2 N–H and O–H groups in total. The molecule has 0 unspecified atom stereocenters. The number of carboxylic acids is 1. The summed E-state index contributed by atoms with van der Waals surface area (Å²) in [4.78, 5) is 14.1. The molecule has 0 aromatic heterocycles. The highest BCUT2D eigenvalue weighted by molar-refractivity contribution is 5.74. The van der Waals surface area contributed by atoms with Crippen LogP contribution in [0.5, 0.6) is 0 Å². The van der Waals surface area contributed by atoms with E-state index in [1.165, 1.54) is 11.1 Å². The van der Waals surface area contributed by atoms with E-state index >= 15 is 0 Å². The van der Waals surface area contributed by atoms with E-state index in [0.717, 1.165) is 38.9 Å². The zero-order valence-electron chi connectivity index (χ0n) is 16.1. The van der Waals surface area contributed by atoms with Crippen LogP contribution in [0, 0.1) is 5.92 Å². The van der Waals surface area contributed by atoms with Gasteiger partial charge in [-0.2, -0.15) is 0 Å². The van der Waals surface area contributed by atoms with Crippen LogP contribution in [-0.4, -0.2) is 41.7 Å². The predicted octanol–water partition coefficient (Wildman–Crippen LogP) is 3.75. The smallest absolute Gasteiger partial charge is 0.321 e. The van der Waals surface area contributed by atoms with E-state index in [2.05, 4.69) is 53.5 Å². The molecular formula is C23H30N2O2. The molecule has 4 nitrogen and oxygen atoms in total. The summed E-state index contributed by atoms with van der Waals surface area (Å²) in [6, 6.07) is 20.4. The second kappa shape index (κ2) is 9.67. The fourth-order valence-corrected chi connectivity index (χ4v) is 4.18. The second-order valence-corrected chi connectivity index (χ2v) is 7.43. The van der Waals surface area contributed by atoms with E-state index in [4.69, 9.17) is 0 Å². The molecule has 0 saturated carbocycles. The van der Waals surface area contributed by atoms with Crippen molar-refractivity contribution in [1.82, 2.24) is 10.2 Å². The number of likely N-dealkylation sites (tertiary alicyclic amines) is 1. The van der Waals surface area contributed by atoms with E-state index in [9.17, 15) is 9.90 Å². The second-order valence-electron chi connectivity index (χ2n) is 7.43. The summed E-state index contributed by atoms with van der Waals surface area (Å²) in [5.74, 6) is -0.484. The number of nitrogens with one attached hydrogen (secondary N) is 1. The Kier molecular flexibility index (Phi) is 7.02. The largest absolute Gasteiger partial charge is 0.480 e. The van der Waals surface area contributed by atoms with Gasteiger partial charge in [0.2, 0.25) is 0 Å². The number of benzene rings is 2. The van der Waals surface area contributed by atoms with Crippen molar-refractivity contribution in [3.8, 4) is 0 Å². The molecule has 3 rings (SSSR count). The molecule has 4 heteroatoms. The number of nitrogens with zero attached hydrogens (tertiary/aromatic N) is 1. The Morgan fingerprint density at radius 2 is 1.78 bits per heavy atom. The maximum Gasteiger partial charge on any atom is 0.321 e. The van der Waals surface area contributed by atoms with Gasteiger partial charge in [0.15, 0.2) is 0 Å². The van der Waals surface area contributed by atoms with Crippen LogP contribution < -0.4 is 5.32 Å². The molecule has 0 radical (unpaired) electrons. The molecule has 0 bridgehead atoms. The van der Waals surface area contributed by atoms with Crippen molar-refractivity contribution >= 4 is 5.97 Å². The van der Waals surface area contributed by atoms with Gasteiger partial charge in [-0.1, -0.05) is 60.7 Å². The Hall–Kier alpha value is -2.17. The van der Waals surface area contributed by atoms with Crippen LogP contribution in [-0.2, 0) is 11.2 Å². The zero-order chi connectivity index (χ0) is 19.1. The van der Waals surface area contributed by atoms with Crippen molar-refractivity contribution in [3.63, 3.8) is 0 Å². The zero-order valence-corrected chi connectivity index (χ0v) is 16.1. The highest BCUT2D eigenvalue weighted by Crippen LogP contribution is 2.34. The normalized spacial score (nSPS) is 21.2. The van der Waals surface area contributed by atoms with Crippen molar-refractivity contribution in [2.24, 2.45) is 5.92 Å². The van der Waals surface area contributed by atoms with Crippen LogP contribution in [0.2, 0.25) is 0 Å². The van der Waals surface area contributed by atoms with Gasteiger partial charge in [-0.3, -0.25) is 9.69 Å². The van der Waals surface area contributed by atoms with Crippen molar-refractivity contribution in [3.05, 3.63) is 71.8 Å². The molecule has 0 amide bonds. The topological polar surface area (TPSA) is 52.6 Å². The molecule has 1 fully saturated rings. The molecular weight excluding hydrogens is 336 g/mol. The van der Waals surface area contributed by atoms with E-state index in [1.807, 2.05) is 24.3 Å². The van der Waals surface area contributed by atoms with Crippen LogP contribution in [0.25, 0.3) is 0 Å². The van der Waals surface area contributed by atoms with Gasteiger partial charge in [0.05, 0.1) is 0 Å². The van der Waals surface area contributed by atoms with Gasteiger partial charge in [-0.25, -0.2) is 0 Å². The third kappa shape index (κ3) is 5.18. The molecule has 27 heavy (non-hydrogen) atoms. The maximum atomic E-state index is 12.0. The van der Waals surface area contributed by atoms with Crippen molar-refractivity contribution < 1.29 is 9.90 Å². The number of carbonyl (C=O) groups is 1. The Morgan fingerprint density at radius 1 is 1.11 bits per heavy atom. The van der Waals surface area contributed by atoms with E-state index in [-0.39, 0.29) is 12.0 Å². The van der Waals surface area contributed by atoms with Crippen LogP contribution >= 0.6 is 0 Å². The van der Waals surface area contributed by atoms with Crippen LogP contribution in [0.4, 0.5) is 0 Å². The molecule has 1 aliphatic rings. The minimum atomic E-state index is -0.690. The molecule has 1 aliphatic heterocycles. The summed E-state index contributed by atoms with van der Waals surface area (Å²) in [7, 11) is 0. The first-order chi connectivity index (χ1) is 13.2. The van der Waals surface area contributed by atoms with Gasteiger partial charge in [0.1, 0.15) is 6.04 Å². The van der Waals surface area contributed by atoms with Crippen LogP contribution in [0.1, 0.15) is 36.9 Å². The summed E-state index contributed by atoms with van der Waals surface area (Å²) in [5.41, 5.74) is 2.52. The first-order valence-corrected chi connectivity index (χ1v) is 9.95. The lowest BCUT2D eigenvalue weighted by Gasteiger charge is -2.30. The fraction of sp³-hybridized carbons (Fsp3) is 0.435. The van der Waals surface area contributed by atoms with E-state index in [0.29, 0.717) is 0 Å². The lowest BCUT2D eigenvalue weighted by atomic mass is 9.95. The number of aliphatic carboxylic acids is 1. The SMILES string of the molecule is C[C@@H](c1ccccc1)N1CC[C@@H](CCNCCc2ccccc2)[C@H]1C(=O)O. The summed E-state index contributed by atoms with van der Waals surface area (Å²) in [6.45, 7) is 4.76. The summed E-state index contributed by atoms with van der Waals surface area (Å²) < 4.78 is 0. The minimum Gasteiger partial charge on any atom is -0.480 e. The van der Waals surface area contributed by atoms with Crippen molar-refractivity contribution in [2.75, 3.05) is 19.6 Å². The van der Waals surface area contributed by atoms with Gasteiger partial charge < -0.3 is 10.4 Å². The predicted molar refractivity (Wildman–Crippen MR) is 109 cm³/mol. The first kappa shape index (κ1) is 19.6. The van der Waals surface area contributed by atoms with Crippen LogP contribution in [0.15, 0.2) is 60.7 Å².